The number of pyridine rings is 1. The zero-order valence-corrected chi connectivity index (χ0v) is 22.6. The number of rotatable bonds is 9. The van der Waals surface area contributed by atoms with E-state index >= 15 is 0 Å². The Morgan fingerprint density at radius 1 is 1.26 bits per heavy atom. The summed E-state index contributed by atoms with van der Waals surface area (Å²) < 4.78 is 11.9. The van der Waals surface area contributed by atoms with Gasteiger partial charge in [0.2, 0.25) is 5.88 Å². The molecule has 0 N–H and O–H groups in total. The van der Waals surface area contributed by atoms with Gasteiger partial charge in [0, 0.05) is 37.5 Å². The van der Waals surface area contributed by atoms with Crippen LogP contribution in [0.25, 0.3) is 0 Å². The van der Waals surface area contributed by atoms with Crippen LogP contribution in [0.5, 0.6) is 11.6 Å². The maximum atomic E-state index is 13.8. The summed E-state index contributed by atoms with van der Waals surface area (Å²) in [5, 5.41) is 0.247. The molecule has 190 valence electrons. The SMILES string of the molecule is CCCCOc1nc(C)cc(C)c1CN1CCc2c(C(=O)N(C)C)cc(OC(C)C)c(Cl)c2C1=O. The van der Waals surface area contributed by atoms with Gasteiger partial charge in [0.1, 0.15) is 5.75 Å². The number of hydrogen-bond donors (Lipinski definition) is 0. The molecule has 0 atom stereocenters. The fourth-order valence-electron chi connectivity index (χ4n) is 4.23. The highest BCUT2D eigenvalue weighted by atomic mass is 35.5. The van der Waals surface area contributed by atoms with Gasteiger partial charge in [-0.25, -0.2) is 4.98 Å². The quantitative estimate of drug-likeness (QED) is 0.440. The van der Waals surface area contributed by atoms with Crippen LogP contribution in [0.15, 0.2) is 12.1 Å². The van der Waals surface area contributed by atoms with Gasteiger partial charge in [-0.3, -0.25) is 9.59 Å². The Hall–Kier alpha value is -2.80. The Bertz CT molecular complexity index is 1110. The third-order valence-corrected chi connectivity index (χ3v) is 6.37. The molecule has 1 aromatic heterocycles. The fraction of sp³-hybridized carbons (Fsp3) is 0.519. The number of halogens is 1. The molecule has 8 heteroatoms. The van der Waals surface area contributed by atoms with E-state index in [-0.39, 0.29) is 22.9 Å². The van der Waals surface area contributed by atoms with Crippen molar-refractivity contribution < 1.29 is 19.1 Å². The largest absolute Gasteiger partial charge is 0.489 e. The highest BCUT2D eigenvalue weighted by Crippen LogP contribution is 2.38. The van der Waals surface area contributed by atoms with Crippen molar-refractivity contribution in [2.75, 3.05) is 27.2 Å². The highest BCUT2D eigenvalue weighted by Gasteiger charge is 2.34. The molecule has 0 aliphatic carbocycles. The number of benzene rings is 1. The lowest BCUT2D eigenvalue weighted by Crippen LogP contribution is -2.39. The van der Waals surface area contributed by atoms with Crippen LogP contribution in [0.3, 0.4) is 0 Å². The van der Waals surface area contributed by atoms with Crippen molar-refractivity contribution in [1.29, 1.82) is 0 Å². The lowest BCUT2D eigenvalue weighted by Gasteiger charge is -2.32. The van der Waals surface area contributed by atoms with Crippen LogP contribution in [0.2, 0.25) is 5.02 Å². The van der Waals surface area contributed by atoms with Gasteiger partial charge in [-0.2, -0.15) is 0 Å². The Labute approximate surface area is 213 Å². The standard InChI is InChI=1S/C27H36ClN3O4/c1-8-9-12-34-25-21(17(4)13-18(5)29-25)15-31-11-10-19-20(26(32)30(6)7)14-22(35-16(2)3)24(28)23(19)27(31)33/h13-14,16H,8-12,15H2,1-7H3. The third kappa shape index (κ3) is 5.89. The van der Waals surface area contributed by atoms with Gasteiger partial charge < -0.3 is 19.3 Å². The molecule has 3 rings (SSSR count). The van der Waals surface area contributed by atoms with Gasteiger partial charge in [-0.15, -0.1) is 0 Å². The molecule has 1 aliphatic rings. The van der Waals surface area contributed by atoms with Crippen molar-refractivity contribution in [2.45, 2.75) is 66.5 Å². The summed E-state index contributed by atoms with van der Waals surface area (Å²) in [5.41, 5.74) is 4.25. The van der Waals surface area contributed by atoms with Crippen molar-refractivity contribution in [3.63, 3.8) is 0 Å². The first-order valence-corrected chi connectivity index (χ1v) is 12.6. The van der Waals surface area contributed by atoms with E-state index in [2.05, 4.69) is 11.9 Å². The second kappa shape index (κ2) is 11.3. The van der Waals surface area contributed by atoms with Gasteiger partial charge >= 0.3 is 0 Å². The molecule has 1 aromatic carbocycles. The van der Waals surface area contributed by atoms with Crippen LogP contribution in [0, 0.1) is 13.8 Å². The molecule has 2 amide bonds. The first-order chi connectivity index (χ1) is 16.5. The number of nitrogens with zero attached hydrogens (tertiary/aromatic N) is 3. The molecule has 35 heavy (non-hydrogen) atoms. The van der Waals surface area contributed by atoms with Gasteiger partial charge in [-0.05, 0) is 63.8 Å². The van der Waals surface area contributed by atoms with Gasteiger partial charge in [-0.1, -0.05) is 24.9 Å². The Balaban J connectivity index is 2.03. The first kappa shape index (κ1) is 26.8. The predicted molar refractivity (Wildman–Crippen MR) is 138 cm³/mol. The van der Waals surface area contributed by atoms with Crippen LogP contribution in [0.1, 0.15) is 76.7 Å². The molecule has 0 fully saturated rings. The normalized spacial score (nSPS) is 13.2. The molecule has 0 bridgehead atoms. The zero-order chi connectivity index (χ0) is 25.9. The van der Waals surface area contributed by atoms with Crippen molar-refractivity contribution in [3.8, 4) is 11.6 Å². The van der Waals surface area contributed by atoms with E-state index in [9.17, 15) is 9.59 Å². The molecular formula is C27H36ClN3O4. The Morgan fingerprint density at radius 2 is 1.97 bits per heavy atom. The van der Waals surface area contributed by atoms with Crippen LogP contribution < -0.4 is 9.47 Å². The number of ether oxygens (including phenoxy) is 2. The topological polar surface area (TPSA) is 72.0 Å². The molecule has 0 saturated carbocycles. The molecule has 7 nitrogen and oxygen atoms in total. The minimum Gasteiger partial charge on any atom is -0.489 e. The van der Waals surface area contributed by atoms with Crippen molar-refractivity contribution in [1.82, 2.24) is 14.8 Å². The monoisotopic (exact) mass is 501 g/mol. The summed E-state index contributed by atoms with van der Waals surface area (Å²) in [5.74, 6) is 0.509. The summed E-state index contributed by atoms with van der Waals surface area (Å²) in [6.45, 7) is 11.2. The molecular weight excluding hydrogens is 466 g/mol. The van der Waals surface area contributed by atoms with Crippen LogP contribution in [-0.4, -0.2) is 59.9 Å². The average Bonchev–Trinajstić information content (AvgIpc) is 2.78. The molecule has 2 heterocycles. The van der Waals surface area contributed by atoms with Gasteiger partial charge in [0.15, 0.2) is 0 Å². The third-order valence-electron chi connectivity index (χ3n) is 5.99. The first-order valence-electron chi connectivity index (χ1n) is 12.2. The minimum absolute atomic E-state index is 0.160. The number of unbranched alkanes of at least 4 members (excludes halogenated alkanes) is 1. The minimum atomic E-state index is -0.224. The second-order valence-electron chi connectivity index (χ2n) is 9.50. The molecule has 0 spiro atoms. The lowest BCUT2D eigenvalue weighted by atomic mass is 9.92. The van der Waals surface area contributed by atoms with Gasteiger partial charge in [0.05, 0.1) is 29.8 Å². The Morgan fingerprint density at radius 3 is 2.60 bits per heavy atom. The van der Waals surface area contributed by atoms with E-state index < -0.39 is 0 Å². The van der Waals surface area contributed by atoms with E-state index in [0.717, 1.165) is 29.7 Å². The van der Waals surface area contributed by atoms with Crippen molar-refractivity contribution in [2.24, 2.45) is 0 Å². The summed E-state index contributed by atoms with van der Waals surface area (Å²) in [4.78, 5) is 34.6. The van der Waals surface area contributed by atoms with Crippen LogP contribution in [0.4, 0.5) is 0 Å². The molecule has 0 unspecified atom stereocenters. The number of amides is 2. The summed E-state index contributed by atoms with van der Waals surface area (Å²) >= 11 is 6.72. The summed E-state index contributed by atoms with van der Waals surface area (Å²) in [6.07, 6.45) is 2.31. The van der Waals surface area contributed by atoms with E-state index in [1.54, 1.807) is 25.1 Å². The Kier molecular flexibility index (Phi) is 8.65. The number of hydrogen-bond acceptors (Lipinski definition) is 5. The van der Waals surface area contributed by atoms with E-state index in [1.807, 2.05) is 33.8 Å². The molecule has 2 aromatic rings. The number of carbonyl (C=O) groups is 2. The zero-order valence-electron chi connectivity index (χ0n) is 21.8. The highest BCUT2D eigenvalue weighted by molar-refractivity contribution is 6.36. The second-order valence-corrected chi connectivity index (χ2v) is 9.88. The number of fused-ring (bicyclic) bond motifs is 1. The average molecular weight is 502 g/mol. The van der Waals surface area contributed by atoms with Crippen molar-refractivity contribution in [3.05, 3.63) is 50.7 Å². The summed E-state index contributed by atoms with van der Waals surface area (Å²) in [6, 6.07) is 3.67. The summed E-state index contributed by atoms with van der Waals surface area (Å²) in [7, 11) is 3.38. The fourth-order valence-corrected chi connectivity index (χ4v) is 4.52. The smallest absolute Gasteiger partial charge is 0.256 e. The number of aryl methyl sites for hydroxylation is 2. The van der Waals surface area contributed by atoms with Crippen LogP contribution in [-0.2, 0) is 13.0 Å². The van der Waals surface area contributed by atoms with E-state index in [0.29, 0.717) is 54.4 Å². The lowest BCUT2D eigenvalue weighted by molar-refractivity contribution is 0.0722. The molecule has 0 saturated heterocycles. The van der Waals surface area contributed by atoms with Crippen LogP contribution >= 0.6 is 11.6 Å². The van der Waals surface area contributed by atoms with Crippen molar-refractivity contribution >= 4 is 23.4 Å². The number of aromatic nitrogens is 1. The predicted octanol–water partition coefficient (Wildman–Crippen LogP) is 5.22. The maximum Gasteiger partial charge on any atom is 0.256 e. The van der Waals surface area contributed by atoms with E-state index in [1.165, 1.54) is 4.90 Å². The van der Waals surface area contributed by atoms with Gasteiger partial charge in [0.25, 0.3) is 11.8 Å². The molecule has 1 aliphatic heterocycles. The number of carbonyl (C=O) groups excluding carboxylic acids is 2. The van der Waals surface area contributed by atoms with E-state index in [4.69, 9.17) is 21.1 Å². The molecule has 0 radical (unpaired) electrons. The maximum absolute atomic E-state index is 13.8.